The molecule has 6 heteroatoms. The number of rotatable bonds is 4. The first-order valence-corrected chi connectivity index (χ1v) is 9.18. The highest BCUT2D eigenvalue weighted by Crippen LogP contribution is 2.41. The van der Waals surface area contributed by atoms with Crippen molar-refractivity contribution in [1.82, 2.24) is 15.2 Å². The van der Waals surface area contributed by atoms with Crippen LogP contribution in [0.25, 0.3) is 10.9 Å². The summed E-state index contributed by atoms with van der Waals surface area (Å²) in [7, 11) is 0. The van der Waals surface area contributed by atoms with Gasteiger partial charge in [0, 0.05) is 23.0 Å². The fraction of sp³-hybridized carbons (Fsp3) is 0.400. The molecule has 26 heavy (non-hydrogen) atoms. The topological polar surface area (TPSA) is 79.4 Å². The number of benzene rings is 1. The Morgan fingerprint density at radius 1 is 1.12 bits per heavy atom. The van der Waals surface area contributed by atoms with Crippen LogP contribution in [0.15, 0.2) is 30.3 Å². The van der Waals surface area contributed by atoms with Crippen LogP contribution in [0.2, 0.25) is 0 Å². The summed E-state index contributed by atoms with van der Waals surface area (Å²) in [6.45, 7) is 0. The van der Waals surface area contributed by atoms with Gasteiger partial charge in [0.05, 0.1) is 17.5 Å². The molecule has 1 unspecified atom stereocenters. The van der Waals surface area contributed by atoms with Crippen molar-refractivity contribution in [2.75, 3.05) is 0 Å². The van der Waals surface area contributed by atoms with Crippen LogP contribution >= 0.6 is 0 Å². The quantitative estimate of drug-likeness (QED) is 0.858. The lowest BCUT2D eigenvalue weighted by molar-refractivity contribution is -0.126. The Morgan fingerprint density at radius 2 is 1.88 bits per heavy atom. The average molecular weight is 349 g/mol. The van der Waals surface area contributed by atoms with Crippen LogP contribution in [-0.4, -0.2) is 39.7 Å². The molecule has 2 aliphatic carbocycles. The maximum Gasteiger partial charge on any atom is 0.255 e. The highest BCUT2D eigenvalue weighted by Gasteiger charge is 2.45. The third-order valence-corrected chi connectivity index (χ3v) is 5.42. The number of carbonyl (C=O) groups excluding carboxylic acids is 3. The van der Waals surface area contributed by atoms with Crippen LogP contribution < -0.4 is 5.32 Å². The number of hydrogen-bond donors (Lipinski definition) is 1. The number of fused-ring (bicyclic) bond motifs is 1. The molecular formula is C20H19N3O3. The lowest BCUT2D eigenvalue weighted by Crippen LogP contribution is -2.46. The van der Waals surface area contributed by atoms with Crippen molar-refractivity contribution in [3.05, 3.63) is 41.6 Å². The predicted molar refractivity (Wildman–Crippen MR) is 94.5 cm³/mol. The van der Waals surface area contributed by atoms with Gasteiger partial charge in [0.25, 0.3) is 5.91 Å². The summed E-state index contributed by atoms with van der Waals surface area (Å²) in [6.07, 6.45) is 4.01. The fourth-order valence-electron chi connectivity index (χ4n) is 3.78. The van der Waals surface area contributed by atoms with Gasteiger partial charge in [-0.15, -0.1) is 0 Å². The molecule has 3 amide bonds. The van der Waals surface area contributed by atoms with Gasteiger partial charge in [-0.2, -0.15) is 0 Å². The van der Waals surface area contributed by atoms with E-state index < -0.39 is 6.04 Å². The number of nitrogens with one attached hydrogen (secondary N) is 1. The van der Waals surface area contributed by atoms with E-state index in [2.05, 4.69) is 5.32 Å². The van der Waals surface area contributed by atoms with Gasteiger partial charge in [-0.1, -0.05) is 18.2 Å². The second-order valence-corrected chi connectivity index (χ2v) is 7.46. The molecule has 2 aromatic rings. The van der Waals surface area contributed by atoms with E-state index in [4.69, 9.17) is 4.98 Å². The minimum Gasteiger partial charge on any atom is -0.323 e. The summed E-state index contributed by atoms with van der Waals surface area (Å²) in [6, 6.07) is 8.88. The van der Waals surface area contributed by atoms with Gasteiger partial charge < -0.3 is 4.90 Å². The first kappa shape index (κ1) is 15.5. The lowest BCUT2D eigenvalue weighted by Gasteiger charge is -2.27. The molecule has 0 bridgehead atoms. The Kier molecular flexibility index (Phi) is 3.35. The summed E-state index contributed by atoms with van der Waals surface area (Å²) in [4.78, 5) is 43.7. The Morgan fingerprint density at radius 3 is 2.54 bits per heavy atom. The normalized spacial score (nSPS) is 22.5. The second-order valence-electron chi connectivity index (χ2n) is 7.46. The van der Waals surface area contributed by atoms with Gasteiger partial charge in [0.15, 0.2) is 0 Å². The van der Waals surface area contributed by atoms with Gasteiger partial charge in [-0.3, -0.25) is 24.7 Å². The minimum absolute atomic E-state index is 0.0421. The minimum atomic E-state index is -0.696. The maximum atomic E-state index is 13.5. The van der Waals surface area contributed by atoms with Crippen LogP contribution in [0.5, 0.6) is 0 Å². The van der Waals surface area contributed by atoms with Crippen LogP contribution in [0.3, 0.4) is 0 Å². The van der Waals surface area contributed by atoms with Crippen molar-refractivity contribution in [3.63, 3.8) is 0 Å². The molecule has 1 aliphatic heterocycles. The van der Waals surface area contributed by atoms with Gasteiger partial charge >= 0.3 is 0 Å². The second kappa shape index (κ2) is 5.62. The molecule has 0 radical (unpaired) electrons. The fourth-order valence-corrected chi connectivity index (χ4v) is 3.78. The molecular weight excluding hydrogens is 330 g/mol. The third-order valence-electron chi connectivity index (χ3n) is 5.42. The molecule has 1 aromatic carbocycles. The Hall–Kier alpha value is -2.76. The van der Waals surface area contributed by atoms with Crippen molar-refractivity contribution < 1.29 is 14.4 Å². The van der Waals surface area contributed by atoms with E-state index in [-0.39, 0.29) is 30.2 Å². The van der Waals surface area contributed by atoms with Crippen LogP contribution in [0.4, 0.5) is 0 Å². The van der Waals surface area contributed by atoms with Crippen molar-refractivity contribution in [2.24, 2.45) is 0 Å². The summed E-state index contributed by atoms with van der Waals surface area (Å²) in [5.74, 6) is -0.410. The molecule has 6 nitrogen and oxygen atoms in total. The first-order chi connectivity index (χ1) is 12.6. The lowest BCUT2D eigenvalue weighted by atomic mass is 10.0. The van der Waals surface area contributed by atoms with Crippen molar-refractivity contribution in [3.8, 4) is 0 Å². The van der Waals surface area contributed by atoms with Gasteiger partial charge in [0.2, 0.25) is 11.8 Å². The van der Waals surface area contributed by atoms with E-state index in [0.29, 0.717) is 11.5 Å². The number of nitrogens with zero attached hydrogens (tertiary/aromatic N) is 2. The summed E-state index contributed by atoms with van der Waals surface area (Å²) >= 11 is 0. The molecule has 1 N–H and O–H groups in total. The first-order valence-electron chi connectivity index (χ1n) is 9.18. The monoisotopic (exact) mass is 349 g/mol. The van der Waals surface area contributed by atoms with E-state index in [1.165, 1.54) is 0 Å². The molecule has 2 heterocycles. The van der Waals surface area contributed by atoms with Crippen LogP contribution in [-0.2, 0) is 9.59 Å². The standard InChI is InChI=1S/C20H19N3O3/c24-18-10-17(19(25)22-18)23(12-7-8-12)20(26)14-9-16(11-5-6-11)21-15-4-2-1-3-13(14)15/h1-4,9,11-12,17H,5-8,10H2,(H,22,24,25). The predicted octanol–water partition coefficient (Wildman–Crippen LogP) is 2.13. The molecule has 3 fully saturated rings. The number of amides is 3. The number of carbonyl (C=O) groups is 3. The highest BCUT2D eigenvalue weighted by atomic mass is 16.2. The Balaban J connectivity index is 1.60. The summed E-state index contributed by atoms with van der Waals surface area (Å²) in [5, 5.41) is 3.13. The number of imide groups is 1. The number of hydrogen-bond acceptors (Lipinski definition) is 4. The zero-order valence-electron chi connectivity index (χ0n) is 14.3. The Bertz CT molecular complexity index is 946. The van der Waals surface area contributed by atoms with Crippen LogP contribution in [0, 0.1) is 0 Å². The zero-order chi connectivity index (χ0) is 17.8. The zero-order valence-corrected chi connectivity index (χ0v) is 14.3. The van der Waals surface area contributed by atoms with E-state index in [1.54, 1.807) is 4.90 Å². The molecule has 132 valence electrons. The summed E-state index contributed by atoms with van der Waals surface area (Å²) in [5.41, 5.74) is 2.36. The van der Waals surface area contributed by atoms with Gasteiger partial charge in [-0.05, 0) is 37.8 Å². The largest absolute Gasteiger partial charge is 0.323 e. The average Bonchev–Trinajstić information content (AvgIpc) is 3.53. The number of pyridine rings is 1. The maximum absolute atomic E-state index is 13.5. The SMILES string of the molecule is O=C1CC(N(C(=O)c2cc(C3CC3)nc3ccccc23)C2CC2)C(=O)N1. The van der Waals surface area contributed by atoms with Crippen molar-refractivity contribution in [2.45, 2.75) is 50.1 Å². The van der Waals surface area contributed by atoms with E-state index in [9.17, 15) is 14.4 Å². The van der Waals surface area contributed by atoms with Gasteiger partial charge in [-0.25, -0.2) is 0 Å². The van der Waals surface area contributed by atoms with E-state index in [0.717, 1.165) is 42.3 Å². The summed E-state index contributed by atoms with van der Waals surface area (Å²) < 4.78 is 0. The molecule has 5 rings (SSSR count). The molecule has 1 atom stereocenters. The van der Waals surface area contributed by atoms with Crippen LogP contribution in [0.1, 0.15) is 54.1 Å². The molecule has 1 saturated heterocycles. The number of para-hydroxylation sites is 1. The van der Waals surface area contributed by atoms with Crippen molar-refractivity contribution in [1.29, 1.82) is 0 Å². The third kappa shape index (κ3) is 2.57. The Labute approximate surface area is 150 Å². The molecule has 0 spiro atoms. The van der Waals surface area contributed by atoms with Crippen molar-refractivity contribution >= 4 is 28.6 Å². The van der Waals surface area contributed by atoms with Gasteiger partial charge in [0.1, 0.15) is 6.04 Å². The molecule has 1 aromatic heterocycles. The highest BCUT2D eigenvalue weighted by molar-refractivity contribution is 6.11. The number of aromatic nitrogens is 1. The molecule has 2 saturated carbocycles. The van der Waals surface area contributed by atoms with E-state index >= 15 is 0 Å². The molecule has 3 aliphatic rings. The van der Waals surface area contributed by atoms with E-state index in [1.807, 2.05) is 30.3 Å². The smallest absolute Gasteiger partial charge is 0.255 e.